The molecule has 0 aliphatic rings. The summed E-state index contributed by atoms with van der Waals surface area (Å²) in [5.41, 5.74) is 2.85. The van der Waals surface area contributed by atoms with E-state index < -0.39 is 11.9 Å². The van der Waals surface area contributed by atoms with Crippen LogP contribution < -0.4 is 14.9 Å². The molecule has 0 unspecified atom stereocenters. The van der Waals surface area contributed by atoms with Crippen LogP contribution in [0.3, 0.4) is 0 Å². The fourth-order valence-electron chi connectivity index (χ4n) is 2.40. The van der Waals surface area contributed by atoms with Gasteiger partial charge >= 0.3 is 5.97 Å². The molecule has 1 N–H and O–H groups in total. The Hall–Kier alpha value is -2.21. The van der Waals surface area contributed by atoms with E-state index in [0.717, 1.165) is 8.95 Å². The molecule has 1 aromatic heterocycles. The molecule has 0 radical (unpaired) electrons. The van der Waals surface area contributed by atoms with Gasteiger partial charge in [0.1, 0.15) is 17.3 Å². The van der Waals surface area contributed by atoms with Crippen molar-refractivity contribution in [3.63, 3.8) is 0 Å². The second-order valence-electron chi connectivity index (χ2n) is 6.23. The third-order valence-corrected chi connectivity index (χ3v) is 5.94. The minimum absolute atomic E-state index is 0.256. The first-order valence-electron chi connectivity index (χ1n) is 9.14. The van der Waals surface area contributed by atoms with E-state index in [2.05, 4.69) is 74.2 Å². The molecular formula is C22H14Br4N2O5. The molecule has 7 nitrogen and oxygen atoms in total. The van der Waals surface area contributed by atoms with E-state index in [0.29, 0.717) is 26.0 Å². The van der Waals surface area contributed by atoms with Gasteiger partial charge in [-0.05, 0) is 80.4 Å². The topological polar surface area (TPSA) is 90.1 Å². The van der Waals surface area contributed by atoms with Crippen LogP contribution >= 0.6 is 63.7 Å². The van der Waals surface area contributed by atoms with Gasteiger partial charge in [-0.2, -0.15) is 5.10 Å². The van der Waals surface area contributed by atoms with Crippen molar-refractivity contribution in [2.24, 2.45) is 5.10 Å². The number of halogens is 4. The predicted molar refractivity (Wildman–Crippen MR) is 138 cm³/mol. The number of hydrogen-bond donors (Lipinski definition) is 1. The zero-order chi connectivity index (χ0) is 23.8. The average molecular weight is 706 g/mol. The summed E-state index contributed by atoms with van der Waals surface area (Å²) < 4.78 is 19.0. The molecule has 3 rings (SSSR count). The van der Waals surface area contributed by atoms with Gasteiger partial charge in [0, 0.05) is 20.6 Å². The van der Waals surface area contributed by atoms with Crippen LogP contribution in [-0.4, -0.2) is 24.7 Å². The number of carbonyl (C=O) groups excluding carboxylic acids is 2. The summed E-state index contributed by atoms with van der Waals surface area (Å²) in [5.74, 6) is 0.219. The highest BCUT2D eigenvalue weighted by atomic mass is 79.9. The van der Waals surface area contributed by atoms with Gasteiger partial charge in [-0.3, -0.25) is 4.79 Å². The third kappa shape index (κ3) is 7.95. The number of hydrogen-bond acceptors (Lipinski definition) is 6. The Balaban J connectivity index is 1.59. The Labute approximate surface area is 222 Å². The van der Waals surface area contributed by atoms with E-state index in [4.69, 9.17) is 13.9 Å². The first-order valence-corrected chi connectivity index (χ1v) is 12.3. The van der Waals surface area contributed by atoms with E-state index in [-0.39, 0.29) is 12.4 Å². The Morgan fingerprint density at radius 1 is 1.03 bits per heavy atom. The van der Waals surface area contributed by atoms with Crippen molar-refractivity contribution in [2.45, 2.75) is 0 Å². The standard InChI is InChI=1S/C22H14Br4N2O5/c23-14-3-5-19(33-21(30)6-4-16-2-1-7-31-16)13(8-14)11-27-28-20(29)12-32-22-17(25)9-15(24)10-18(22)26/h1-11H,12H2,(H,28,29)/b6-4+,27-11+. The fraction of sp³-hybridized carbons (Fsp3) is 0.0455. The highest BCUT2D eigenvalue weighted by Crippen LogP contribution is 2.36. The van der Waals surface area contributed by atoms with E-state index >= 15 is 0 Å². The summed E-state index contributed by atoms with van der Waals surface area (Å²) in [6.07, 6.45) is 5.62. The molecule has 1 amide bonds. The highest BCUT2D eigenvalue weighted by molar-refractivity contribution is 9.11. The molecule has 0 aliphatic heterocycles. The van der Waals surface area contributed by atoms with Crippen LogP contribution in [0, 0.1) is 0 Å². The van der Waals surface area contributed by atoms with Gasteiger partial charge < -0.3 is 13.9 Å². The molecule has 0 aliphatic carbocycles. The van der Waals surface area contributed by atoms with Crippen LogP contribution in [-0.2, 0) is 9.59 Å². The zero-order valence-corrected chi connectivity index (χ0v) is 22.9. The van der Waals surface area contributed by atoms with Crippen molar-refractivity contribution < 1.29 is 23.5 Å². The van der Waals surface area contributed by atoms with Gasteiger partial charge in [0.2, 0.25) is 0 Å². The number of ether oxygens (including phenoxy) is 2. The van der Waals surface area contributed by atoms with Crippen molar-refractivity contribution in [1.29, 1.82) is 0 Å². The number of rotatable bonds is 8. The Bertz CT molecular complexity index is 1190. The van der Waals surface area contributed by atoms with Gasteiger partial charge in [0.05, 0.1) is 21.4 Å². The second-order valence-corrected chi connectivity index (χ2v) is 9.77. The van der Waals surface area contributed by atoms with Crippen molar-refractivity contribution in [3.8, 4) is 11.5 Å². The molecule has 0 atom stereocenters. The van der Waals surface area contributed by atoms with E-state index in [9.17, 15) is 9.59 Å². The third-order valence-electron chi connectivity index (χ3n) is 3.81. The summed E-state index contributed by atoms with van der Waals surface area (Å²) >= 11 is 13.5. The lowest BCUT2D eigenvalue weighted by molar-refractivity contribution is -0.129. The maximum absolute atomic E-state index is 12.1. The Kier molecular flexibility index (Phi) is 9.48. The smallest absolute Gasteiger partial charge is 0.336 e. The number of nitrogens with zero attached hydrogens (tertiary/aromatic N) is 1. The summed E-state index contributed by atoms with van der Waals surface area (Å²) in [6.45, 7) is -0.256. The van der Waals surface area contributed by atoms with Crippen molar-refractivity contribution in [1.82, 2.24) is 5.43 Å². The van der Waals surface area contributed by atoms with Crippen LogP contribution in [0.15, 0.2) is 82.2 Å². The minimum Gasteiger partial charge on any atom is -0.481 e. The lowest BCUT2D eigenvalue weighted by Gasteiger charge is -2.10. The van der Waals surface area contributed by atoms with Crippen LogP contribution in [0.25, 0.3) is 6.08 Å². The fourth-order valence-corrected chi connectivity index (χ4v) is 5.27. The number of esters is 1. The number of nitrogens with one attached hydrogen (secondary N) is 1. The SMILES string of the molecule is O=C(COc1c(Br)cc(Br)cc1Br)N/N=C/c1cc(Br)ccc1OC(=O)/C=C/c1ccco1. The van der Waals surface area contributed by atoms with Crippen LogP contribution in [0.4, 0.5) is 0 Å². The first-order chi connectivity index (χ1) is 15.8. The molecule has 11 heteroatoms. The summed E-state index contributed by atoms with van der Waals surface area (Å²) in [4.78, 5) is 24.2. The minimum atomic E-state index is -0.591. The lowest BCUT2D eigenvalue weighted by Crippen LogP contribution is -2.24. The molecule has 3 aromatic rings. The molecule has 0 saturated heterocycles. The largest absolute Gasteiger partial charge is 0.481 e. The maximum atomic E-state index is 12.1. The van der Waals surface area contributed by atoms with Gasteiger partial charge in [-0.1, -0.05) is 31.9 Å². The summed E-state index contributed by atoms with van der Waals surface area (Å²) in [6, 6.07) is 12.0. The second kappa shape index (κ2) is 12.3. The molecular weight excluding hydrogens is 692 g/mol. The van der Waals surface area contributed by atoms with Crippen molar-refractivity contribution >= 4 is 87.9 Å². The normalized spacial score (nSPS) is 11.2. The van der Waals surface area contributed by atoms with Gasteiger partial charge in [0.15, 0.2) is 6.61 Å². The molecule has 170 valence electrons. The highest BCUT2D eigenvalue weighted by Gasteiger charge is 2.11. The van der Waals surface area contributed by atoms with Crippen LogP contribution in [0.2, 0.25) is 0 Å². The average Bonchev–Trinajstić information content (AvgIpc) is 3.27. The number of furan rings is 1. The predicted octanol–water partition coefficient (Wildman–Crippen LogP) is 6.48. The molecule has 0 spiro atoms. The summed E-state index contributed by atoms with van der Waals surface area (Å²) in [7, 11) is 0. The van der Waals surface area contributed by atoms with E-state index in [1.807, 2.05) is 0 Å². The van der Waals surface area contributed by atoms with Gasteiger partial charge in [-0.25, -0.2) is 10.2 Å². The molecule has 0 fully saturated rings. The Morgan fingerprint density at radius 2 is 1.79 bits per heavy atom. The quantitative estimate of drug-likeness (QED) is 0.0954. The molecule has 1 heterocycles. The van der Waals surface area contributed by atoms with Gasteiger partial charge in [-0.15, -0.1) is 0 Å². The molecule has 33 heavy (non-hydrogen) atoms. The van der Waals surface area contributed by atoms with Crippen molar-refractivity contribution in [3.05, 3.63) is 84.0 Å². The summed E-state index contributed by atoms with van der Waals surface area (Å²) in [5, 5.41) is 3.93. The number of hydrazone groups is 1. The zero-order valence-electron chi connectivity index (χ0n) is 16.6. The van der Waals surface area contributed by atoms with Crippen molar-refractivity contribution in [2.75, 3.05) is 6.61 Å². The van der Waals surface area contributed by atoms with Crippen LogP contribution in [0.1, 0.15) is 11.3 Å². The van der Waals surface area contributed by atoms with E-state index in [1.54, 1.807) is 42.5 Å². The number of benzene rings is 2. The molecule has 0 bridgehead atoms. The Morgan fingerprint density at radius 3 is 2.48 bits per heavy atom. The molecule has 0 saturated carbocycles. The molecule has 2 aromatic carbocycles. The number of amides is 1. The van der Waals surface area contributed by atoms with Gasteiger partial charge in [0.25, 0.3) is 5.91 Å². The first kappa shape index (κ1) is 25.4. The number of carbonyl (C=O) groups is 2. The lowest BCUT2D eigenvalue weighted by atomic mass is 10.2. The van der Waals surface area contributed by atoms with Crippen LogP contribution in [0.5, 0.6) is 11.5 Å². The van der Waals surface area contributed by atoms with E-state index in [1.165, 1.54) is 24.6 Å². The monoisotopic (exact) mass is 702 g/mol. The maximum Gasteiger partial charge on any atom is 0.336 e.